The van der Waals surface area contributed by atoms with Crippen LogP contribution in [0.3, 0.4) is 0 Å². The molecule has 1 aliphatic rings. The zero-order valence-corrected chi connectivity index (χ0v) is 13.6. The number of hydrogen-bond donors (Lipinski definition) is 1. The second kappa shape index (κ2) is 7.25. The van der Waals surface area contributed by atoms with E-state index in [2.05, 4.69) is 54.0 Å². The molecule has 1 aromatic rings. The number of nitrogens with zero attached hydrogens (tertiary/aromatic N) is 2. The molecular weight excluding hydrogens is 262 g/mol. The third-order valence-corrected chi connectivity index (χ3v) is 4.50. The van der Waals surface area contributed by atoms with Gasteiger partial charge in [-0.15, -0.1) is 0 Å². The van der Waals surface area contributed by atoms with Crippen molar-refractivity contribution < 1.29 is 4.74 Å². The number of methoxy groups -OCH3 is 1. The van der Waals surface area contributed by atoms with E-state index in [1.807, 2.05) is 0 Å². The van der Waals surface area contributed by atoms with Crippen LogP contribution >= 0.6 is 0 Å². The topological polar surface area (TPSA) is 41.7 Å². The fraction of sp³-hybridized carbons (Fsp3) is 0.647. The van der Waals surface area contributed by atoms with Gasteiger partial charge in [0.25, 0.3) is 0 Å². The fourth-order valence-corrected chi connectivity index (χ4v) is 3.00. The zero-order valence-electron chi connectivity index (χ0n) is 13.6. The van der Waals surface area contributed by atoms with Crippen LogP contribution in [-0.2, 0) is 4.74 Å². The number of anilines is 1. The number of para-hydroxylation sites is 1. The van der Waals surface area contributed by atoms with Crippen molar-refractivity contribution in [2.24, 2.45) is 5.73 Å². The van der Waals surface area contributed by atoms with Gasteiger partial charge in [0.15, 0.2) is 0 Å². The molecule has 1 aromatic carbocycles. The average Bonchev–Trinajstić information content (AvgIpc) is 2.54. The fourth-order valence-electron chi connectivity index (χ4n) is 3.00. The predicted octanol–water partition coefficient (Wildman–Crippen LogP) is 1.95. The summed E-state index contributed by atoms with van der Waals surface area (Å²) >= 11 is 0. The first-order valence-corrected chi connectivity index (χ1v) is 7.85. The van der Waals surface area contributed by atoms with E-state index in [0.717, 1.165) is 32.6 Å². The Hall–Kier alpha value is -1.10. The number of piperazine rings is 1. The number of benzene rings is 1. The summed E-state index contributed by atoms with van der Waals surface area (Å²) in [7, 11) is 1.78. The lowest BCUT2D eigenvalue weighted by Crippen LogP contribution is -2.54. The highest BCUT2D eigenvalue weighted by Crippen LogP contribution is 2.21. The Balaban J connectivity index is 1.90. The predicted molar refractivity (Wildman–Crippen MR) is 88.8 cm³/mol. The first-order chi connectivity index (χ1) is 10.1. The molecule has 0 aliphatic carbocycles. The highest BCUT2D eigenvalue weighted by Gasteiger charge is 2.28. The molecule has 1 saturated heterocycles. The van der Waals surface area contributed by atoms with E-state index >= 15 is 0 Å². The Morgan fingerprint density at radius 2 is 1.76 bits per heavy atom. The summed E-state index contributed by atoms with van der Waals surface area (Å²) in [6, 6.07) is 11.0. The monoisotopic (exact) mass is 291 g/mol. The molecule has 1 atom stereocenters. The van der Waals surface area contributed by atoms with E-state index in [-0.39, 0.29) is 5.60 Å². The summed E-state index contributed by atoms with van der Waals surface area (Å²) in [6.45, 7) is 9.22. The second-order valence-electron chi connectivity index (χ2n) is 6.42. The van der Waals surface area contributed by atoms with Crippen molar-refractivity contribution in [1.29, 1.82) is 0 Å². The van der Waals surface area contributed by atoms with Crippen LogP contribution in [0.2, 0.25) is 0 Å². The smallest absolute Gasteiger partial charge is 0.0638 e. The highest BCUT2D eigenvalue weighted by molar-refractivity contribution is 5.46. The van der Waals surface area contributed by atoms with Crippen LogP contribution in [0.25, 0.3) is 0 Å². The summed E-state index contributed by atoms with van der Waals surface area (Å²) in [5.41, 5.74) is 7.21. The summed E-state index contributed by atoms with van der Waals surface area (Å²) in [6.07, 6.45) is 0.978. The van der Waals surface area contributed by atoms with Gasteiger partial charge in [0.1, 0.15) is 0 Å². The molecule has 118 valence electrons. The summed E-state index contributed by atoms with van der Waals surface area (Å²) in [5, 5.41) is 0. The lowest BCUT2D eigenvalue weighted by atomic mass is 9.97. The largest absolute Gasteiger partial charge is 0.379 e. The average molecular weight is 291 g/mol. The quantitative estimate of drug-likeness (QED) is 0.870. The van der Waals surface area contributed by atoms with E-state index < -0.39 is 0 Å². The Bertz CT molecular complexity index is 413. The third kappa shape index (κ3) is 4.43. The molecule has 4 nitrogen and oxygen atoms in total. The van der Waals surface area contributed by atoms with Gasteiger partial charge in [0.05, 0.1) is 5.60 Å². The molecule has 1 aliphatic heterocycles. The van der Waals surface area contributed by atoms with Gasteiger partial charge in [0, 0.05) is 51.6 Å². The van der Waals surface area contributed by atoms with Gasteiger partial charge in [-0.05, 0) is 32.4 Å². The van der Waals surface area contributed by atoms with Gasteiger partial charge < -0.3 is 15.4 Å². The summed E-state index contributed by atoms with van der Waals surface area (Å²) in [4.78, 5) is 4.96. The van der Waals surface area contributed by atoms with E-state index in [1.165, 1.54) is 5.69 Å². The first-order valence-electron chi connectivity index (χ1n) is 7.85. The minimum Gasteiger partial charge on any atom is -0.379 e. The van der Waals surface area contributed by atoms with Crippen LogP contribution in [0.15, 0.2) is 30.3 Å². The highest BCUT2D eigenvalue weighted by atomic mass is 16.5. The maximum atomic E-state index is 6.00. The van der Waals surface area contributed by atoms with E-state index in [0.29, 0.717) is 12.6 Å². The SMILES string of the molecule is COC(C)(C)CC(CN)N1CCN(c2ccccc2)CC1. The maximum absolute atomic E-state index is 6.00. The second-order valence-corrected chi connectivity index (χ2v) is 6.42. The van der Waals surface area contributed by atoms with Crippen molar-refractivity contribution >= 4 is 5.69 Å². The summed E-state index contributed by atoms with van der Waals surface area (Å²) in [5.74, 6) is 0. The molecule has 0 amide bonds. The van der Waals surface area contributed by atoms with E-state index in [4.69, 9.17) is 10.5 Å². The molecule has 2 N–H and O–H groups in total. The molecule has 0 radical (unpaired) electrons. The van der Waals surface area contributed by atoms with Gasteiger partial charge in [-0.3, -0.25) is 4.90 Å². The van der Waals surface area contributed by atoms with Crippen molar-refractivity contribution in [1.82, 2.24) is 4.90 Å². The van der Waals surface area contributed by atoms with Crippen molar-refractivity contribution in [3.8, 4) is 0 Å². The zero-order chi connectivity index (χ0) is 15.3. The molecular formula is C17H29N3O. The van der Waals surface area contributed by atoms with Crippen molar-refractivity contribution in [2.75, 3.05) is 44.7 Å². The maximum Gasteiger partial charge on any atom is 0.0638 e. The molecule has 21 heavy (non-hydrogen) atoms. The van der Waals surface area contributed by atoms with Gasteiger partial charge in [-0.25, -0.2) is 0 Å². The van der Waals surface area contributed by atoms with Crippen LogP contribution in [0.4, 0.5) is 5.69 Å². The molecule has 4 heteroatoms. The first kappa shape index (κ1) is 16.3. The lowest BCUT2D eigenvalue weighted by molar-refractivity contribution is -0.00831. The van der Waals surface area contributed by atoms with Crippen molar-refractivity contribution in [3.05, 3.63) is 30.3 Å². The van der Waals surface area contributed by atoms with Gasteiger partial charge in [-0.2, -0.15) is 0 Å². The van der Waals surface area contributed by atoms with Crippen molar-refractivity contribution in [3.63, 3.8) is 0 Å². The minimum absolute atomic E-state index is 0.111. The van der Waals surface area contributed by atoms with Crippen LogP contribution in [0, 0.1) is 0 Å². The van der Waals surface area contributed by atoms with Crippen LogP contribution < -0.4 is 10.6 Å². The Labute approximate surface area is 128 Å². The Morgan fingerprint density at radius 1 is 1.14 bits per heavy atom. The molecule has 1 heterocycles. The van der Waals surface area contributed by atoms with Crippen LogP contribution in [0.1, 0.15) is 20.3 Å². The van der Waals surface area contributed by atoms with Gasteiger partial charge in [-0.1, -0.05) is 18.2 Å². The van der Waals surface area contributed by atoms with Crippen LogP contribution in [0.5, 0.6) is 0 Å². The number of rotatable bonds is 6. The third-order valence-electron chi connectivity index (χ3n) is 4.50. The molecule has 1 unspecified atom stereocenters. The molecule has 0 bridgehead atoms. The summed E-state index contributed by atoms with van der Waals surface area (Å²) < 4.78 is 5.56. The minimum atomic E-state index is -0.111. The molecule has 0 saturated carbocycles. The Kier molecular flexibility index (Phi) is 5.62. The molecule has 2 rings (SSSR count). The lowest BCUT2D eigenvalue weighted by Gasteiger charge is -2.42. The van der Waals surface area contributed by atoms with E-state index in [9.17, 15) is 0 Å². The number of nitrogens with two attached hydrogens (primary N) is 1. The van der Waals surface area contributed by atoms with E-state index in [1.54, 1.807) is 7.11 Å². The number of ether oxygens (including phenoxy) is 1. The molecule has 1 fully saturated rings. The number of hydrogen-bond acceptors (Lipinski definition) is 4. The molecule has 0 spiro atoms. The van der Waals surface area contributed by atoms with Gasteiger partial charge >= 0.3 is 0 Å². The standard InChI is InChI=1S/C17H29N3O/c1-17(2,21-3)13-16(14-18)20-11-9-19(10-12-20)15-7-5-4-6-8-15/h4-8,16H,9-14,18H2,1-3H3. The molecule has 0 aromatic heterocycles. The van der Waals surface area contributed by atoms with Gasteiger partial charge in [0.2, 0.25) is 0 Å². The van der Waals surface area contributed by atoms with Crippen molar-refractivity contribution in [2.45, 2.75) is 31.9 Å². The Morgan fingerprint density at radius 3 is 2.29 bits per heavy atom. The van der Waals surface area contributed by atoms with Crippen LogP contribution in [-0.4, -0.2) is 56.4 Å². The normalized spacial score (nSPS) is 18.8.